The predicted molar refractivity (Wildman–Crippen MR) is 88.0 cm³/mol. The van der Waals surface area contributed by atoms with Gasteiger partial charge in [0.2, 0.25) is 11.8 Å². The van der Waals surface area contributed by atoms with Crippen molar-refractivity contribution in [3.8, 4) is 11.5 Å². The van der Waals surface area contributed by atoms with Crippen molar-refractivity contribution in [3.63, 3.8) is 0 Å². The molecule has 1 aromatic heterocycles. The van der Waals surface area contributed by atoms with Gasteiger partial charge in [0, 0.05) is 30.9 Å². The van der Waals surface area contributed by atoms with Crippen LogP contribution in [0.4, 0.5) is 11.5 Å². The zero-order valence-electron chi connectivity index (χ0n) is 13.1. The van der Waals surface area contributed by atoms with Crippen LogP contribution in [0.15, 0.2) is 42.6 Å². The molecule has 3 rings (SSSR count). The number of amides is 2. The van der Waals surface area contributed by atoms with E-state index in [9.17, 15) is 14.7 Å². The lowest BCUT2D eigenvalue weighted by Gasteiger charge is -2.17. The number of benzene rings is 1. The highest BCUT2D eigenvalue weighted by Gasteiger charge is 2.35. The molecule has 0 saturated carbocycles. The number of pyridine rings is 1. The molecule has 1 atom stereocenters. The van der Waals surface area contributed by atoms with Crippen LogP contribution in [-0.2, 0) is 9.59 Å². The van der Waals surface area contributed by atoms with E-state index in [1.807, 2.05) is 0 Å². The van der Waals surface area contributed by atoms with Gasteiger partial charge in [0.1, 0.15) is 5.75 Å². The lowest BCUT2D eigenvalue weighted by molar-refractivity contribution is -0.122. The first-order chi connectivity index (χ1) is 11.6. The molecule has 7 heteroatoms. The molecule has 0 unspecified atom stereocenters. The maximum absolute atomic E-state index is 12.3. The Morgan fingerprint density at radius 2 is 2.21 bits per heavy atom. The summed E-state index contributed by atoms with van der Waals surface area (Å²) in [5, 5.41) is 12.2. The smallest absolute Gasteiger partial charge is 0.231 e. The second-order valence-electron chi connectivity index (χ2n) is 5.47. The molecule has 2 amide bonds. The fourth-order valence-corrected chi connectivity index (χ4v) is 2.62. The predicted octanol–water partition coefficient (Wildman–Crippen LogP) is 1.79. The van der Waals surface area contributed by atoms with Crippen LogP contribution in [0.2, 0.25) is 0 Å². The number of ether oxygens (including phenoxy) is 1. The van der Waals surface area contributed by atoms with Gasteiger partial charge in [-0.3, -0.25) is 9.59 Å². The van der Waals surface area contributed by atoms with Gasteiger partial charge in [-0.2, -0.15) is 0 Å². The Morgan fingerprint density at radius 1 is 1.38 bits per heavy atom. The zero-order chi connectivity index (χ0) is 17.1. The minimum atomic E-state index is -0.509. The average Bonchev–Trinajstić information content (AvgIpc) is 2.99. The fraction of sp³-hybridized carbons (Fsp3) is 0.235. The van der Waals surface area contributed by atoms with E-state index in [0.717, 1.165) is 0 Å². The van der Waals surface area contributed by atoms with Gasteiger partial charge in [-0.25, -0.2) is 4.98 Å². The lowest BCUT2D eigenvalue weighted by atomic mass is 10.1. The van der Waals surface area contributed by atoms with Crippen LogP contribution in [0.25, 0.3) is 0 Å². The molecule has 1 saturated heterocycles. The number of hydrogen-bond acceptors (Lipinski definition) is 5. The Kier molecular flexibility index (Phi) is 4.33. The molecular formula is C17H17N3O4. The summed E-state index contributed by atoms with van der Waals surface area (Å²) in [7, 11) is 1.56. The number of aromatic nitrogens is 1. The van der Waals surface area contributed by atoms with Gasteiger partial charge in [-0.15, -0.1) is 0 Å². The molecule has 24 heavy (non-hydrogen) atoms. The van der Waals surface area contributed by atoms with E-state index < -0.39 is 5.92 Å². The highest BCUT2D eigenvalue weighted by molar-refractivity contribution is 6.03. The van der Waals surface area contributed by atoms with Crippen LogP contribution in [-0.4, -0.2) is 35.6 Å². The van der Waals surface area contributed by atoms with Gasteiger partial charge in [0.05, 0.1) is 13.0 Å². The average molecular weight is 327 g/mol. The third kappa shape index (κ3) is 3.15. The summed E-state index contributed by atoms with van der Waals surface area (Å²) in [6.45, 7) is 0.269. The van der Waals surface area contributed by atoms with E-state index in [4.69, 9.17) is 4.74 Å². The number of rotatable bonds is 4. The number of aromatic hydroxyl groups is 1. The standard InChI is InChI=1S/C17H17N3O4/c1-24-13-5-2-4-12(9-13)20-10-11(8-15(20)22)17(23)19-16-14(21)6-3-7-18-16/h2-7,9,11,21H,8,10H2,1H3,(H,18,19,23)/t11-/m0/s1. The van der Waals surface area contributed by atoms with E-state index in [-0.39, 0.29) is 36.3 Å². The molecule has 124 valence electrons. The molecule has 1 aromatic carbocycles. The van der Waals surface area contributed by atoms with Gasteiger partial charge in [0.25, 0.3) is 0 Å². The Labute approximate surface area is 138 Å². The van der Waals surface area contributed by atoms with E-state index in [1.165, 1.54) is 12.3 Å². The summed E-state index contributed by atoms with van der Waals surface area (Å²) in [6.07, 6.45) is 1.58. The monoisotopic (exact) mass is 327 g/mol. The second kappa shape index (κ2) is 6.57. The van der Waals surface area contributed by atoms with Gasteiger partial charge in [0.15, 0.2) is 11.6 Å². The molecule has 0 spiro atoms. The molecule has 0 bridgehead atoms. The van der Waals surface area contributed by atoms with Crippen molar-refractivity contribution < 1.29 is 19.4 Å². The fourth-order valence-electron chi connectivity index (χ4n) is 2.62. The Balaban J connectivity index is 1.72. The molecule has 1 fully saturated rings. The molecule has 2 aromatic rings. The van der Waals surface area contributed by atoms with Crippen molar-refractivity contribution in [1.29, 1.82) is 0 Å². The van der Waals surface area contributed by atoms with Crippen molar-refractivity contribution in [3.05, 3.63) is 42.6 Å². The minimum absolute atomic E-state index is 0.0924. The van der Waals surface area contributed by atoms with Crippen LogP contribution >= 0.6 is 0 Å². The lowest BCUT2D eigenvalue weighted by Crippen LogP contribution is -2.28. The SMILES string of the molecule is COc1cccc(N2C[C@@H](C(=O)Nc3ncccc3O)CC2=O)c1. The van der Waals surface area contributed by atoms with E-state index in [0.29, 0.717) is 11.4 Å². The van der Waals surface area contributed by atoms with Crippen LogP contribution in [0.5, 0.6) is 11.5 Å². The Bertz CT molecular complexity index is 778. The Morgan fingerprint density at radius 3 is 2.96 bits per heavy atom. The number of carbonyl (C=O) groups is 2. The summed E-state index contributed by atoms with van der Waals surface area (Å²) in [6, 6.07) is 10.1. The number of carbonyl (C=O) groups excluding carboxylic acids is 2. The Hall–Kier alpha value is -3.09. The molecule has 1 aliphatic rings. The molecule has 1 aliphatic heterocycles. The van der Waals surface area contributed by atoms with Crippen LogP contribution in [0, 0.1) is 5.92 Å². The van der Waals surface area contributed by atoms with E-state index in [2.05, 4.69) is 10.3 Å². The third-order valence-electron chi connectivity index (χ3n) is 3.89. The number of nitrogens with zero attached hydrogens (tertiary/aromatic N) is 2. The first-order valence-corrected chi connectivity index (χ1v) is 7.47. The number of hydrogen-bond donors (Lipinski definition) is 2. The van der Waals surface area contributed by atoms with Crippen molar-refractivity contribution in [2.75, 3.05) is 23.9 Å². The summed E-state index contributed by atoms with van der Waals surface area (Å²) in [5.74, 6) is -0.359. The maximum Gasteiger partial charge on any atom is 0.231 e. The first kappa shape index (κ1) is 15.8. The van der Waals surface area contributed by atoms with Crippen LogP contribution in [0.1, 0.15) is 6.42 Å². The quantitative estimate of drug-likeness (QED) is 0.893. The normalized spacial score (nSPS) is 17.0. The summed E-state index contributed by atoms with van der Waals surface area (Å²) in [5.41, 5.74) is 0.690. The van der Waals surface area contributed by atoms with Crippen molar-refractivity contribution in [1.82, 2.24) is 4.98 Å². The number of anilines is 2. The van der Waals surface area contributed by atoms with Gasteiger partial charge >= 0.3 is 0 Å². The van der Waals surface area contributed by atoms with Gasteiger partial charge < -0.3 is 20.1 Å². The molecule has 2 heterocycles. The molecular weight excluding hydrogens is 310 g/mol. The molecule has 0 radical (unpaired) electrons. The topological polar surface area (TPSA) is 91.8 Å². The van der Waals surface area contributed by atoms with Crippen molar-refractivity contribution in [2.45, 2.75) is 6.42 Å². The van der Waals surface area contributed by atoms with Gasteiger partial charge in [-0.1, -0.05) is 6.07 Å². The zero-order valence-corrected chi connectivity index (χ0v) is 13.1. The summed E-state index contributed by atoms with van der Waals surface area (Å²) >= 11 is 0. The minimum Gasteiger partial charge on any atom is -0.504 e. The maximum atomic E-state index is 12.3. The second-order valence-corrected chi connectivity index (χ2v) is 5.47. The van der Waals surface area contributed by atoms with Crippen LogP contribution < -0.4 is 15.0 Å². The highest BCUT2D eigenvalue weighted by atomic mass is 16.5. The van der Waals surface area contributed by atoms with E-state index >= 15 is 0 Å². The third-order valence-corrected chi connectivity index (χ3v) is 3.89. The van der Waals surface area contributed by atoms with Crippen molar-refractivity contribution in [2.24, 2.45) is 5.92 Å². The summed E-state index contributed by atoms with van der Waals surface area (Å²) in [4.78, 5) is 30.1. The molecule has 0 aliphatic carbocycles. The van der Waals surface area contributed by atoms with Gasteiger partial charge in [-0.05, 0) is 24.3 Å². The first-order valence-electron chi connectivity index (χ1n) is 7.47. The highest BCUT2D eigenvalue weighted by Crippen LogP contribution is 2.29. The molecule has 7 nitrogen and oxygen atoms in total. The van der Waals surface area contributed by atoms with Crippen LogP contribution in [0.3, 0.4) is 0 Å². The summed E-state index contributed by atoms with van der Waals surface area (Å²) < 4.78 is 5.16. The number of methoxy groups -OCH3 is 1. The van der Waals surface area contributed by atoms with E-state index in [1.54, 1.807) is 42.3 Å². The largest absolute Gasteiger partial charge is 0.504 e. The molecule has 2 N–H and O–H groups in total. The van der Waals surface area contributed by atoms with Crippen molar-refractivity contribution >= 4 is 23.3 Å². The number of nitrogens with one attached hydrogen (secondary N) is 1.